The quantitative estimate of drug-likeness (QED) is 0.0520. The second-order valence-corrected chi connectivity index (χ2v) is 15.3. The van der Waals surface area contributed by atoms with Crippen LogP contribution in [0.1, 0.15) is 0 Å². The van der Waals surface area contributed by atoms with Crippen molar-refractivity contribution in [2.24, 2.45) is 7.05 Å². The van der Waals surface area contributed by atoms with Crippen LogP contribution in [-0.4, -0.2) is 57.4 Å². The Morgan fingerprint density at radius 2 is 1.55 bits per heavy atom. The lowest BCUT2D eigenvalue weighted by molar-refractivity contribution is -0.384. The predicted octanol–water partition coefficient (Wildman–Crippen LogP) is 8.98. The number of aryl methyl sites for hydroxylation is 1. The highest BCUT2D eigenvalue weighted by molar-refractivity contribution is 7.99. The largest absolute Gasteiger partial charge is 0.379 e. The number of halogens is 1. The van der Waals surface area contributed by atoms with Crippen molar-refractivity contribution < 1.29 is 9.13 Å². The summed E-state index contributed by atoms with van der Waals surface area (Å²) in [6.45, 7) is 3.97. The predicted molar refractivity (Wildman–Crippen MR) is 219 cm³/mol. The minimum atomic E-state index is -1.68. The highest BCUT2D eigenvalue weighted by atomic mass is 35.5. The molecule has 1 atom stereocenters. The number of nitro groups is 1. The molecule has 6 aromatic rings. The van der Waals surface area contributed by atoms with Crippen LogP contribution < -0.4 is 19.8 Å². The van der Waals surface area contributed by atoms with Gasteiger partial charge < -0.3 is 19.8 Å². The molecule has 53 heavy (non-hydrogen) atoms. The second-order valence-electron chi connectivity index (χ2n) is 12.5. The topological polar surface area (TPSA) is 109 Å². The third kappa shape index (κ3) is 8.68. The van der Waals surface area contributed by atoms with Crippen molar-refractivity contribution in [3.8, 4) is 22.4 Å². The summed E-state index contributed by atoms with van der Waals surface area (Å²) in [6, 6.07) is 38.9. The van der Waals surface area contributed by atoms with E-state index >= 15 is 0 Å². The summed E-state index contributed by atoms with van der Waals surface area (Å²) < 4.78 is 18.1. The molecule has 0 spiro atoms. The van der Waals surface area contributed by atoms with E-state index in [1.807, 2.05) is 96.8 Å². The SMILES string of the molecule is Cn1ncc(-c2cccc(N3CCN(c4ccc(NS(=O)c5ccc(NCCSc6ccccc6)c([N+](=O)[O-])c5)cc4)CC3)c2)c1-c1ccc(Cl)cc1. The second kappa shape index (κ2) is 16.6. The molecule has 270 valence electrons. The van der Waals surface area contributed by atoms with E-state index in [4.69, 9.17) is 11.6 Å². The first-order chi connectivity index (χ1) is 25.8. The highest BCUT2D eigenvalue weighted by Crippen LogP contribution is 2.35. The van der Waals surface area contributed by atoms with Gasteiger partial charge in [0.05, 0.1) is 21.7 Å². The number of thioether (sulfide) groups is 1. The molecular weight excluding hydrogens is 726 g/mol. The fourth-order valence-corrected chi connectivity index (χ4v) is 8.19. The third-order valence-electron chi connectivity index (χ3n) is 9.11. The molecule has 0 radical (unpaired) electrons. The number of anilines is 4. The van der Waals surface area contributed by atoms with E-state index in [9.17, 15) is 14.3 Å². The number of nitro benzene ring substituents is 1. The fraction of sp³-hybridized carbons (Fsp3) is 0.175. The lowest BCUT2D eigenvalue weighted by atomic mass is 10.0. The van der Waals surface area contributed by atoms with Crippen LogP contribution in [0.5, 0.6) is 0 Å². The van der Waals surface area contributed by atoms with Crippen LogP contribution in [-0.2, 0) is 18.0 Å². The van der Waals surface area contributed by atoms with Crippen LogP contribution in [0.2, 0.25) is 5.02 Å². The number of nitrogens with one attached hydrogen (secondary N) is 2. The van der Waals surface area contributed by atoms with Gasteiger partial charge in [-0.05, 0) is 78.4 Å². The average Bonchev–Trinajstić information content (AvgIpc) is 3.58. The lowest BCUT2D eigenvalue weighted by Gasteiger charge is -2.37. The molecular formula is C40H38ClN7O3S2. The van der Waals surface area contributed by atoms with Crippen molar-refractivity contribution in [1.29, 1.82) is 0 Å². The summed E-state index contributed by atoms with van der Waals surface area (Å²) in [5.41, 5.74) is 7.49. The van der Waals surface area contributed by atoms with Crippen molar-refractivity contribution in [3.63, 3.8) is 0 Å². The summed E-state index contributed by atoms with van der Waals surface area (Å²) in [4.78, 5) is 17.6. The maximum absolute atomic E-state index is 13.2. The van der Waals surface area contributed by atoms with Crippen LogP contribution in [0.3, 0.4) is 0 Å². The Morgan fingerprint density at radius 3 is 2.26 bits per heavy atom. The van der Waals surface area contributed by atoms with Crippen molar-refractivity contribution >= 4 is 62.8 Å². The smallest absolute Gasteiger partial charge is 0.293 e. The molecule has 1 fully saturated rings. The molecule has 13 heteroatoms. The zero-order valence-electron chi connectivity index (χ0n) is 29.0. The van der Waals surface area contributed by atoms with Gasteiger partial charge in [0, 0.05) is 89.7 Å². The normalized spacial score (nSPS) is 13.5. The lowest BCUT2D eigenvalue weighted by Crippen LogP contribution is -2.46. The summed E-state index contributed by atoms with van der Waals surface area (Å²) >= 11 is 7.82. The van der Waals surface area contributed by atoms with Gasteiger partial charge in [0.2, 0.25) is 0 Å². The van der Waals surface area contributed by atoms with Crippen molar-refractivity contribution in [3.05, 3.63) is 143 Å². The van der Waals surface area contributed by atoms with Gasteiger partial charge in [0.25, 0.3) is 5.69 Å². The van der Waals surface area contributed by atoms with Crippen LogP contribution in [0.25, 0.3) is 22.4 Å². The van der Waals surface area contributed by atoms with Crippen LogP contribution in [0.15, 0.2) is 137 Å². The molecule has 2 heterocycles. The standard InChI is InChI=1S/C40H38ClN7O3S2/c1-45-40(29-10-12-31(41)13-11-29)37(28-43-45)30-6-5-7-34(26-30)47-23-21-46(22-24-47)33-16-14-32(15-17-33)44-53(51)36-18-19-38(39(27-36)48(49)50)42-20-25-52-35-8-3-2-4-9-35/h2-19,26-28,42,44H,20-25H2,1H3. The zero-order valence-corrected chi connectivity index (χ0v) is 31.4. The first kappa shape index (κ1) is 36.1. The number of piperazine rings is 1. The number of rotatable bonds is 13. The first-order valence-electron chi connectivity index (χ1n) is 17.2. The van der Waals surface area contributed by atoms with E-state index < -0.39 is 15.9 Å². The van der Waals surface area contributed by atoms with Crippen LogP contribution in [0.4, 0.5) is 28.4 Å². The third-order valence-corrected chi connectivity index (χ3v) is 11.5. The molecule has 1 saturated heterocycles. The Kier molecular flexibility index (Phi) is 11.3. The first-order valence-corrected chi connectivity index (χ1v) is 19.7. The molecule has 0 saturated carbocycles. The molecule has 7 rings (SSSR count). The monoisotopic (exact) mass is 763 g/mol. The Labute approximate surface area is 320 Å². The van der Waals surface area contributed by atoms with E-state index in [-0.39, 0.29) is 5.69 Å². The van der Waals surface area contributed by atoms with Gasteiger partial charge >= 0.3 is 0 Å². The maximum Gasteiger partial charge on any atom is 0.293 e. The Bertz CT molecular complexity index is 2210. The van der Waals surface area contributed by atoms with E-state index in [1.165, 1.54) is 11.8 Å². The van der Waals surface area contributed by atoms with Crippen molar-refractivity contribution in [1.82, 2.24) is 9.78 Å². The number of hydrogen-bond donors (Lipinski definition) is 2. The van der Waals surface area contributed by atoms with Gasteiger partial charge in [-0.3, -0.25) is 14.8 Å². The molecule has 0 bridgehead atoms. The minimum absolute atomic E-state index is 0.108. The molecule has 1 aliphatic heterocycles. The van der Waals surface area contributed by atoms with Gasteiger partial charge in [-0.1, -0.05) is 54.1 Å². The van der Waals surface area contributed by atoms with Crippen molar-refractivity contribution in [2.45, 2.75) is 9.79 Å². The summed E-state index contributed by atoms with van der Waals surface area (Å²) in [5.74, 6) is 0.746. The van der Waals surface area contributed by atoms with Gasteiger partial charge in [-0.25, -0.2) is 4.21 Å². The molecule has 10 nitrogen and oxygen atoms in total. The van der Waals surface area contributed by atoms with Crippen LogP contribution >= 0.6 is 23.4 Å². The number of benzene rings is 5. The molecule has 1 unspecified atom stereocenters. The molecule has 0 aliphatic carbocycles. The van der Waals surface area contributed by atoms with Gasteiger partial charge in [-0.15, -0.1) is 11.8 Å². The van der Waals surface area contributed by atoms with Crippen molar-refractivity contribution in [2.75, 3.05) is 58.3 Å². The van der Waals surface area contributed by atoms with E-state index in [2.05, 4.69) is 49.2 Å². The van der Waals surface area contributed by atoms with Crippen LogP contribution in [0, 0.1) is 10.1 Å². The molecule has 1 aliphatic rings. The summed E-state index contributed by atoms with van der Waals surface area (Å²) in [6.07, 6.45) is 1.92. The Hall–Kier alpha value is -5.30. The molecule has 1 aromatic heterocycles. The van der Waals surface area contributed by atoms with E-state index in [0.717, 1.165) is 64.9 Å². The van der Waals surface area contributed by atoms with E-state index in [0.29, 0.717) is 27.8 Å². The maximum atomic E-state index is 13.2. The number of aromatic nitrogens is 2. The molecule has 2 N–H and O–H groups in total. The fourth-order valence-electron chi connectivity index (χ4n) is 6.40. The number of nitrogens with zero attached hydrogens (tertiary/aromatic N) is 5. The van der Waals surface area contributed by atoms with Gasteiger partial charge in [0.15, 0.2) is 11.0 Å². The Morgan fingerprint density at radius 1 is 0.830 bits per heavy atom. The van der Waals surface area contributed by atoms with Gasteiger partial charge in [0.1, 0.15) is 5.69 Å². The highest BCUT2D eigenvalue weighted by Gasteiger charge is 2.21. The summed E-state index contributed by atoms with van der Waals surface area (Å²) in [7, 11) is 0.272. The average molecular weight is 764 g/mol. The summed E-state index contributed by atoms with van der Waals surface area (Å²) in [5, 5.41) is 20.3. The molecule has 0 amide bonds. The molecule has 5 aromatic carbocycles. The zero-order chi connectivity index (χ0) is 36.7. The minimum Gasteiger partial charge on any atom is -0.379 e. The van der Waals surface area contributed by atoms with Gasteiger partial charge in [-0.2, -0.15) is 5.10 Å². The Balaban J connectivity index is 0.939. The van der Waals surface area contributed by atoms with E-state index in [1.54, 1.807) is 23.9 Å². The number of hydrogen-bond acceptors (Lipinski definition) is 8.